The summed E-state index contributed by atoms with van der Waals surface area (Å²) < 4.78 is 29.1. The van der Waals surface area contributed by atoms with E-state index in [0.717, 1.165) is 17.8 Å². The monoisotopic (exact) mass is 386 g/mol. The van der Waals surface area contributed by atoms with Crippen LogP contribution in [0.2, 0.25) is 0 Å². The summed E-state index contributed by atoms with van der Waals surface area (Å²) in [5.41, 5.74) is 1.10. The second kappa shape index (κ2) is 8.28. The van der Waals surface area contributed by atoms with Gasteiger partial charge in [-0.15, -0.1) is 0 Å². The van der Waals surface area contributed by atoms with E-state index in [1.54, 1.807) is 24.4 Å². The van der Waals surface area contributed by atoms with Crippen LogP contribution in [0.3, 0.4) is 0 Å². The van der Waals surface area contributed by atoms with E-state index in [1.807, 2.05) is 36.7 Å². The molecule has 1 aromatic carbocycles. The molecule has 2 heterocycles. The van der Waals surface area contributed by atoms with Gasteiger partial charge in [-0.05, 0) is 31.0 Å². The summed E-state index contributed by atoms with van der Waals surface area (Å²) in [5.74, 6) is 2.13. The topological polar surface area (TPSA) is 102 Å². The lowest BCUT2D eigenvalue weighted by atomic mass is 10.2. The van der Waals surface area contributed by atoms with Gasteiger partial charge in [-0.1, -0.05) is 19.1 Å². The molecule has 0 saturated carbocycles. The molecule has 2 N–H and O–H groups in total. The summed E-state index contributed by atoms with van der Waals surface area (Å²) in [6.07, 6.45) is 5.85. The average molecular weight is 386 g/mol. The van der Waals surface area contributed by atoms with E-state index in [1.165, 1.54) is 6.33 Å². The van der Waals surface area contributed by atoms with Crippen LogP contribution in [0.5, 0.6) is 0 Å². The lowest BCUT2D eigenvalue weighted by molar-refractivity contribution is 0.583. The van der Waals surface area contributed by atoms with Gasteiger partial charge in [0.05, 0.1) is 4.90 Å². The molecular weight excluding hydrogens is 364 g/mol. The van der Waals surface area contributed by atoms with Crippen molar-refractivity contribution in [3.05, 3.63) is 60.4 Å². The normalized spacial score (nSPS) is 11.5. The number of sulfonamides is 1. The number of benzene rings is 1. The Morgan fingerprint density at radius 3 is 2.52 bits per heavy atom. The first kappa shape index (κ1) is 19.0. The maximum absolute atomic E-state index is 12.3. The molecular formula is C18H22N6O2S. The van der Waals surface area contributed by atoms with Gasteiger partial charge in [-0.25, -0.2) is 28.1 Å². The number of aryl methyl sites for hydroxylation is 2. The van der Waals surface area contributed by atoms with Crippen molar-refractivity contribution in [2.45, 2.75) is 25.2 Å². The Bertz CT molecular complexity index is 999. The summed E-state index contributed by atoms with van der Waals surface area (Å²) in [7, 11) is -3.52. The van der Waals surface area contributed by atoms with Crippen LogP contribution < -0.4 is 10.0 Å². The van der Waals surface area contributed by atoms with Crippen molar-refractivity contribution in [2.75, 3.05) is 18.4 Å². The summed E-state index contributed by atoms with van der Waals surface area (Å²) in [6.45, 7) is 4.55. The quantitative estimate of drug-likeness (QED) is 0.574. The zero-order valence-electron chi connectivity index (χ0n) is 15.3. The molecule has 2 aromatic heterocycles. The van der Waals surface area contributed by atoms with Crippen LogP contribution in [0.25, 0.3) is 5.82 Å². The van der Waals surface area contributed by atoms with Crippen LogP contribution in [0.4, 0.5) is 5.82 Å². The van der Waals surface area contributed by atoms with Gasteiger partial charge in [0.15, 0.2) is 0 Å². The SMILES string of the molecule is CCc1ccc(S(=O)(=O)NCCNc2cc(-n3ccnc3C)ncn2)cc1. The maximum Gasteiger partial charge on any atom is 0.240 e. The zero-order valence-corrected chi connectivity index (χ0v) is 16.1. The number of rotatable bonds is 8. The van der Waals surface area contributed by atoms with Crippen molar-refractivity contribution in [1.82, 2.24) is 24.2 Å². The average Bonchev–Trinajstić information content (AvgIpc) is 3.11. The van der Waals surface area contributed by atoms with Crippen molar-refractivity contribution in [2.24, 2.45) is 0 Å². The van der Waals surface area contributed by atoms with Crippen molar-refractivity contribution >= 4 is 15.8 Å². The smallest absolute Gasteiger partial charge is 0.240 e. The molecule has 0 saturated heterocycles. The number of nitrogens with one attached hydrogen (secondary N) is 2. The molecule has 0 aliphatic carbocycles. The van der Waals surface area contributed by atoms with Gasteiger partial charge in [0.1, 0.15) is 23.8 Å². The van der Waals surface area contributed by atoms with Crippen molar-refractivity contribution in [1.29, 1.82) is 0 Å². The summed E-state index contributed by atoms with van der Waals surface area (Å²) in [4.78, 5) is 12.8. The van der Waals surface area contributed by atoms with Crippen LogP contribution >= 0.6 is 0 Å². The van der Waals surface area contributed by atoms with Gasteiger partial charge < -0.3 is 5.32 Å². The second-order valence-electron chi connectivity index (χ2n) is 5.93. The Labute approximate surface area is 158 Å². The fourth-order valence-electron chi connectivity index (χ4n) is 2.56. The number of anilines is 1. The molecule has 0 unspecified atom stereocenters. The molecule has 0 bridgehead atoms. The van der Waals surface area contributed by atoms with Crippen LogP contribution in [0, 0.1) is 6.92 Å². The zero-order chi connectivity index (χ0) is 19.3. The highest BCUT2D eigenvalue weighted by molar-refractivity contribution is 7.89. The Morgan fingerprint density at radius 1 is 1.07 bits per heavy atom. The fourth-order valence-corrected chi connectivity index (χ4v) is 3.59. The standard InChI is InChI=1S/C18H22N6O2S/c1-3-15-4-6-16(7-5-15)27(25,26)23-9-8-20-17-12-18(22-13-21-17)24-11-10-19-14(24)2/h4-7,10-13,23H,3,8-9H2,1-2H3,(H,20,21,22). The van der Waals surface area contributed by atoms with Crippen LogP contribution in [-0.2, 0) is 16.4 Å². The van der Waals surface area contributed by atoms with Crippen LogP contribution in [-0.4, -0.2) is 41.0 Å². The molecule has 3 rings (SSSR count). The molecule has 27 heavy (non-hydrogen) atoms. The van der Waals surface area contributed by atoms with Gasteiger partial charge in [0.25, 0.3) is 0 Å². The number of hydrogen-bond donors (Lipinski definition) is 2. The molecule has 142 valence electrons. The van der Waals surface area contributed by atoms with Gasteiger partial charge in [0.2, 0.25) is 10.0 Å². The molecule has 9 heteroatoms. The van der Waals surface area contributed by atoms with Gasteiger partial charge >= 0.3 is 0 Å². The van der Waals surface area contributed by atoms with Gasteiger partial charge in [0, 0.05) is 31.5 Å². The molecule has 0 radical (unpaired) electrons. The summed E-state index contributed by atoms with van der Waals surface area (Å²) in [5, 5.41) is 3.10. The third-order valence-electron chi connectivity index (χ3n) is 4.09. The predicted octanol–water partition coefficient (Wildman–Crippen LogP) is 1.92. The molecule has 0 aliphatic rings. The van der Waals surface area contributed by atoms with E-state index in [9.17, 15) is 8.42 Å². The highest BCUT2D eigenvalue weighted by atomic mass is 32.2. The first-order chi connectivity index (χ1) is 13.0. The summed E-state index contributed by atoms with van der Waals surface area (Å²) >= 11 is 0. The minimum atomic E-state index is -3.52. The van der Waals surface area contributed by atoms with E-state index in [0.29, 0.717) is 18.2 Å². The molecule has 0 atom stereocenters. The lowest BCUT2D eigenvalue weighted by Gasteiger charge is -2.10. The second-order valence-corrected chi connectivity index (χ2v) is 7.69. The number of aromatic nitrogens is 4. The molecule has 0 amide bonds. The van der Waals surface area contributed by atoms with Gasteiger partial charge in [-0.3, -0.25) is 4.57 Å². The van der Waals surface area contributed by atoms with E-state index in [-0.39, 0.29) is 11.4 Å². The maximum atomic E-state index is 12.3. The Balaban J connectivity index is 1.56. The number of imidazole rings is 1. The third-order valence-corrected chi connectivity index (χ3v) is 5.57. The first-order valence-electron chi connectivity index (χ1n) is 8.64. The largest absolute Gasteiger partial charge is 0.369 e. The molecule has 0 aliphatic heterocycles. The Hall–Kier alpha value is -2.78. The van der Waals surface area contributed by atoms with Crippen molar-refractivity contribution in [3.8, 4) is 5.82 Å². The summed E-state index contributed by atoms with van der Waals surface area (Å²) in [6, 6.07) is 8.69. The van der Waals surface area contributed by atoms with E-state index < -0.39 is 10.0 Å². The predicted molar refractivity (Wildman–Crippen MR) is 103 cm³/mol. The molecule has 0 fully saturated rings. The van der Waals surface area contributed by atoms with E-state index in [4.69, 9.17) is 0 Å². The van der Waals surface area contributed by atoms with Crippen molar-refractivity contribution in [3.63, 3.8) is 0 Å². The third kappa shape index (κ3) is 4.69. The van der Waals surface area contributed by atoms with Crippen LogP contribution in [0.15, 0.2) is 53.9 Å². The first-order valence-corrected chi connectivity index (χ1v) is 10.1. The highest BCUT2D eigenvalue weighted by Crippen LogP contribution is 2.12. The fraction of sp³-hybridized carbons (Fsp3) is 0.278. The number of nitrogens with zero attached hydrogens (tertiary/aromatic N) is 4. The minimum Gasteiger partial charge on any atom is -0.369 e. The number of hydrogen-bond acceptors (Lipinski definition) is 6. The lowest BCUT2D eigenvalue weighted by Crippen LogP contribution is -2.29. The van der Waals surface area contributed by atoms with Gasteiger partial charge in [-0.2, -0.15) is 0 Å². The van der Waals surface area contributed by atoms with Crippen molar-refractivity contribution < 1.29 is 8.42 Å². The van der Waals surface area contributed by atoms with E-state index in [2.05, 4.69) is 25.0 Å². The van der Waals surface area contributed by atoms with E-state index >= 15 is 0 Å². The van der Waals surface area contributed by atoms with Crippen LogP contribution in [0.1, 0.15) is 18.3 Å². The highest BCUT2D eigenvalue weighted by Gasteiger charge is 2.12. The Kier molecular flexibility index (Phi) is 5.82. The molecule has 8 nitrogen and oxygen atoms in total. The molecule has 0 spiro atoms. The molecule has 3 aromatic rings. The Morgan fingerprint density at radius 2 is 1.85 bits per heavy atom. The minimum absolute atomic E-state index is 0.237.